The average molecular weight is 193 g/mol. The number of aromatic hydroxyl groups is 2. The third-order valence-electron chi connectivity index (χ3n) is 3.08. The van der Waals surface area contributed by atoms with Crippen LogP contribution >= 0.6 is 0 Å². The number of hydrogen-bond acceptors (Lipinski definition) is 3. The van der Waals surface area contributed by atoms with Crippen molar-refractivity contribution >= 4 is 0 Å². The summed E-state index contributed by atoms with van der Waals surface area (Å²) in [7, 11) is 2.07. The van der Waals surface area contributed by atoms with Crippen LogP contribution in [-0.2, 0) is 6.42 Å². The van der Waals surface area contributed by atoms with E-state index in [0.717, 1.165) is 24.1 Å². The number of fused-ring (bicyclic) bond motifs is 1. The third kappa shape index (κ3) is 1.34. The van der Waals surface area contributed by atoms with Gasteiger partial charge < -0.3 is 10.2 Å². The van der Waals surface area contributed by atoms with Gasteiger partial charge in [0.1, 0.15) is 0 Å². The van der Waals surface area contributed by atoms with Crippen molar-refractivity contribution in [2.24, 2.45) is 0 Å². The minimum absolute atomic E-state index is 0.0134. The van der Waals surface area contributed by atoms with Crippen LogP contribution in [0.1, 0.15) is 24.1 Å². The van der Waals surface area contributed by atoms with E-state index >= 15 is 0 Å². The Balaban J connectivity index is 2.50. The van der Waals surface area contributed by atoms with Crippen molar-refractivity contribution in [3.05, 3.63) is 23.3 Å². The highest BCUT2D eigenvalue weighted by Gasteiger charge is 2.22. The Labute approximate surface area is 83.6 Å². The fourth-order valence-electron chi connectivity index (χ4n) is 1.97. The van der Waals surface area contributed by atoms with E-state index in [2.05, 4.69) is 18.9 Å². The highest BCUT2D eigenvalue weighted by molar-refractivity contribution is 5.47. The number of rotatable bonds is 0. The highest BCUT2D eigenvalue weighted by atomic mass is 16.3. The molecule has 3 heteroatoms. The summed E-state index contributed by atoms with van der Waals surface area (Å²) in [5.74, 6) is -0.0357. The van der Waals surface area contributed by atoms with Crippen molar-refractivity contribution in [1.82, 2.24) is 4.90 Å². The molecule has 0 aliphatic carbocycles. The van der Waals surface area contributed by atoms with Gasteiger partial charge in [-0.3, -0.25) is 4.90 Å². The van der Waals surface area contributed by atoms with Gasteiger partial charge >= 0.3 is 0 Å². The molecule has 0 radical (unpaired) electrons. The first-order valence-electron chi connectivity index (χ1n) is 4.84. The number of nitrogens with zero attached hydrogens (tertiary/aromatic N) is 1. The second kappa shape index (κ2) is 3.17. The number of likely N-dealkylation sites (N-methyl/N-ethyl adjacent to an activating group) is 1. The molecule has 2 rings (SSSR count). The van der Waals surface area contributed by atoms with Gasteiger partial charge in [0.15, 0.2) is 11.5 Å². The van der Waals surface area contributed by atoms with Gasteiger partial charge in [-0.2, -0.15) is 0 Å². The molecule has 3 nitrogen and oxygen atoms in total. The summed E-state index contributed by atoms with van der Waals surface area (Å²) in [5.41, 5.74) is 2.26. The zero-order chi connectivity index (χ0) is 10.3. The van der Waals surface area contributed by atoms with Gasteiger partial charge in [0.2, 0.25) is 0 Å². The summed E-state index contributed by atoms with van der Waals surface area (Å²) in [4.78, 5) is 2.23. The SMILES string of the molecule is C[C@@H]1c2cc(O)c(O)cc2CCN1C. The highest BCUT2D eigenvalue weighted by Crippen LogP contribution is 2.35. The number of hydrogen-bond donors (Lipinski definition) is 2. The Morgan fingerprint density at radius 1 is 1.29 bits per heavy atom. The molecule has 0 unspecified atom stereocenters. The van der Waals surface area contributed by atoms with E-state index in [4.69, 9.17) is 0 Å². The summed E-state index contributed by atoms with van der Waals surface area (Å²) >= 11 is 0. The fourth-order valence-corrected chi connectivity index (χ4v) is 1.97. The van der Waals surface area contributed by atoms with Crippen molar-refractivity contribution in [3.63, 3.8) is 0 Å². The summed E-state index contributed by atoms with van der Waals surface area (Å²) in [5, 5.41) is 18.8. The lowest BCUT2D eigenvalue weighted by molar-refractivity contribution is 0.246. The van der Waals surface area contributed by atoms with Gasteiger partial charge in [-0.1, -0.05) is 0 Å². The largest absolute Gasteiger partial charge is 0.504 e. The molecule has 0 saturated carbocycles. The lowest BCUT2D eigenvalue weighted by Crippen LogP contribution is -2.30. The fraction of sp³-hybridized carbons (Fsp3) is 0.455. The van der Waals surface area contributed by atoms with Gasteiger partial charge in [-0.25, -0.2) is 0 Å². The van der Waals surface area contributed by atoms with Crippen LogP contribution in [0, 0.1) is 0 Å². The molecule has 76 valence electrons. The van der Waals surface area contributed by atoms with Crippen molar-refractivity contribution in [1.29, 1.82) is 0 Å². The summed E-state index contributed by atoms with van der Waals surface area (Å²) in [6.07, 6.45) is 0.935. The van der Waals surface area contributed by atoms with Gasteiger partial charge in [-0.05, 0) is 43.7 Å². The van der Waals surface area contributed by atoms with Gasteiger partial charge in [0.25, 0.3) is 0 Å². The predicted molar refractivity (Wildman–Crippen MR) is 54.5 cm³/mol. The van der Waals surface area contributed by atoms with E-state index in [0.29, 0.717) is 6.04 Å². The number of benzene rings is 1. The van der Waals surface area contributed by atoms with Gasteiger partial charge in [-0.15, -0.1) is 0 Å². The molecule has 0 aromatic heterocycles. The van der Waals surface area contributed by atoms with Crippen LogP contribution in [0.25, 0.3) is 0 Å². The molecule has 1 aliphatic heterocycles. The quantitative estimate of drug-likeness (QED) is 0.616. The molecular formula is C11H15NO2. The molecule has 2 N–H and O–H groups in total. The molecule has 1 atom stereocenters. The zero-order valence-electron chi connectivity index (χ0n) is 8.49. The Kier molecular flexibility index (Phi) is 2.11. The van der Waals surface area contributed by atoms with Crippen molar-refractivity contribution in [3.8, 4) is 11.5 Å². The molecule has 0 spiro atoms. The molecule has 0 saturated heterocycles. The molecule has 0 fully saturated rings. The van der Waals surface area contributed by atoms with Crippen LogP contribution in [0.2, 0.25) is 0 Å². The van der Waals surface area contributed by atoms with Crippen molar-refractivity contribution < 1.29 is 10.2 Å². The maximum Gasteiger partial charge on any atom is 0.157 e. The average Bonchev–Trinajstić information content (AvgIpc) is 2.15. The lowest BCUT2D eigenvalue weighted by atomic mass is 9.93. The van der Waals surface area contributed by atoms with Crippen LogP contribution in [0.5, 0.6) is 11.5 Å². The van der Waals surface area contributed by atoms with E-state index in [1.807, 2.05) is 0 Å². The standard InChI is InChI=1S/C11H15NO2/c1-7-9-6-11(14)10(13)5-8(9)3-4-12(7)2/h5-7,13-14H,3-4H2,1-2H3/t7-/m1/s1. The maximum atomic E-state index is 9.41. The Hall–Kier alpha value is -1.22. The third-order valence-corrected chi connectivity index (χ3v) is 3.08. The second-order valence-electron chi connectivity index (χ2n) is 3.95. The first-order valence-corrected chi connectivity index (χ1v) is 4.84. The first kappa shape index (κ1) is 9.34. The molecule has 1 aromatic carbocycles. The minimum atomic E-state index is -0.0223. The topological polar surface area (TPSA) is 43.7 Å². The van der Waals surface area contributed by atoms with Crippen molar-refractivity contribution in [2.45, 2.75) is 19.4 Å². The predicted octanol–water partition coefficient (Wildman–Crippen LogP) is 1.65. The molecule has 1 aromatic rings. The van der Waals surface area contributed by atoms with Crippen molar-refractivity contribution in [2.75, 3.05) is 13.6 Å². The van der Waals surface area contributed by atoms with Gasteiger partial charge in [0, 0.05) is 12.6 Å². The van der Waals surface area contributed by atoms with E-state index in [1.165, 1.54) is 0 Å². The molecular weight excluding hydrogens is 178 g/mol. The van der Waals surface area contributed by atoms with Gasteiger partial charge in [0.05, 0.1) is 0 Å². The van der Waals surface area contributed by atoms with Crippen LogP contribution in [0.15, 0.2) is 12.1 Å². The molecule has 0 bridgehead atoms. The normalized spacial score (nSPS) is 22.0. The maximum absolute atomic E-state index is 9.41. The number of phenolic OH excluding ortho intramolecular Hbond substituents is 2. The Morgan fingerprint density at radius 3 is 2.64 bits per heavy atom. The monoisotopic (exact) mass is 193 g/mol. The van der Waals surface area contributed by atoms with Crippen LogP contribution in [0.4, 0.5) is 0 Å². The molecule has 14 heavy (non-hydrogen) atoms. The van der Waals surface area contributed by atoms with E-state index in [1.54, 1.807) is 12.1 Å². The van der Waals surface area contributed by atoms with E-state index in [9.17, 15) is 10.2 Å². The van der Waals surface area contributed by atoms with Crippen LogP contribution in [0.3, 0.4) is 0 Å². The summed E-state index contributed by atoms with van der Waals surface area (Å²) in [6, 6.07) is 3.66. The molecule has 1 heterocycles. The summed E-state index contributed by atoms with van der Waals surface area (Å²) < 4.78 is 0. The molecule has 0 amide bonds. The first-order chi connectivity index (χ1) is 6.59. The Bertz CT molecular complexity index is 363. The number of phenols is 2. The summed E-state index contributed by atoms with van der Waals surface area (Å²) in [6.45, 7) is 3.10. The smallest absolute Gasteiger partial charge is 0.157 e. The van der Waals surface area contributed by atoms with Crippen LogP contribution < -0.4 is 0 Å². The lowest BCUT2D eigenvalue weighted by Gasteiger charge is -2.32. The second-order valence-corrected chi connectivity index (χ2v) is 3.95. The van der Waals surface area contributed by atoms with E-state index in [-0.39, 0.29) is 11.5 Å². The zero-order valence-corrected chi connectivity index (χ0v) is 8.49. The molecule has 1 aliphatic rings. The van der Waals surface area contributed by atoms with E-state index < -0.39 is 0 Å². The Morgan fingerprint density at radius 2 is 1.93 bits per heavy atom. The van der Waals surface area contributed by atoms with Crippen LogP contribution in [-0.4, -0.2) is 28.7 Å². The minimum Gasteiger partial charge on any atom is -0.504 e.